The summed E-state index contributed by atoms with van der Waals surface area (Å²) in [4.78, 5) is 13.4. The van der Waals surface area contributed by atoms with Gasteiger partial charge < -0.3 is 10.2 Å². The van der Waals surface area contributed by atoms with Crippen molar-refractivity contribution >= 4 is 34.1 Å². The highest BCUT2D eigenvalue weighted by Gasteiger charge is 2.17. The number of amides is 1. The second kappa shape index (κ2) is 5.40. The van der Waals surface area contributed by atoms with Gasteiger partial charge >= 0.3 is 0 Å². The van der Waals surface area contributed by atoms with Crippen molar-refractivity contribution in [3.63, 3.8) is 0 Å². The number of aromatic nitrogens is 2. The molecular weight excluding hydrogens is 264 g/mol. The van der Waals surface area contributed by atoms with Crippen LogP contribution in [0.15, 0.2) is 24.3 Å². The van der Waals surface area contributed by atoms with E-state index in [-0.39, 0.29) is 11.9 Å². The maximum absolute atomic E-state index is 11.8. The number of nitrogens with zero attached hydrogens (tertiary/aromatic N) is 3. The average Bonchev–Trinajstić information content (AvgIpc) is 2.41. The Morgan fingerprint density at radius 1 is 1.26 bits per heavy atom. The molecule has 0 saturated carbocycles. The molecule has 1 atom stereocenters. The first kappa shape index (κ1) is 13.5. The van der Waals surface area contributed by atoms with Crippen molar-refractivity contribution in [3.05, 3.63) is 29.4 Å². The van der Waals surface area contributed by atoms with Crippen molar-refractivity contribution in [2.75, 3.05) is 19.4 Å². The van der Waals surface area contributed by atoms with E-state index in [0.29, 0.717) is 11.0 Å². The molecule has 2 rings (SSSR count). The molecule has 1 aromatic heterocycles. The Balaban J connectivity index is 2.36. The Hall–Kier alpha value is -1.88. The second-order valence-corrected chi connectivity index (χ2v) is 4.84. The molecule has 0 saturated heterocycles. The van der Waals surface area contributed by atoms with E-state index in [1.54, 1.807) is 21.0 Å². The van der Waals surface area contributed by atoms with Crippen LogP contribution in [0.3, 0.4) is 0 Å². The molecule has 0 aliphatic rings. The molecule has 0 radical (unpaired) electrons. The smallest absolute Gasteiger partial charge is 0.244 e. The zero-order valence-corrected chi connectivity index (χ0v) is 11.8. The maximum atomic E-state index is 11.8. The van der Waals surface area contributed by atoms with Crippen LogP contribution in [0.25, 0.3) is 10.8 Å². The summed E-state index contributed by atoms with van der Waals surface area (Å²) in [7, 11) is 3.43. The van der Waals surface area contributed by atoms with Crippen LogP contribution in [-0.4, -0.2) is 41.1 Å². The molecule has 0 aliphatic carbocycles. The first-order valence-corrected chi connectivity index (χ1v) is 6.27. The van der Waals surface area contributed by atoms with Gasteiger partial charge in [-0.2, -0.15) is 0 Å². The summed E-state index contributed by atoms with van der Waals surface area (Å²) in [5, 5.41) is 13.0. The van der Waals surface area contributed by atoms with Gasteiger partial charge in [0.2, 0.25) is 5.91 Å². The monoisotopic (exact) mass is 278 g/mol. The van der Waals surface area contributed by atoms with Crippen molar-refractivity contribution in [2.45, 2.75) is 13.0 Å². The van der Waals surface area contributed by atoms with Gasteiger partial charge in [0.1, 0.15) is 6.04 Å². The molecular formula is C13H15ClN4O. The van der Waals surface area contributed by atoms with Gasteiger partial charge in [-0.1, -0.05) is 35.9 Å². The number of carbonyl (C=O) groups excluding carboxylic acids is 1. The molecule has 1 amide bonds. The molecule has 0 spiro atoms. The fourth-order valence-corrected chi connectivity index (χ4v) is 2.03. The number of fused-ring (bicyclic) bond motifs is 1. The number of rotatable bonds is 3. The molecule has 0 fully saturated rings. The highest BCUT2D eigenvalue weighted by Crippen LogP contribution is 2.25. The molecule has 5 nitrogen and oxygen atoms in total. The van der Waals surface area contributed by atoms with E-state index in [1.165, 1.54) is 4.90 Å². The molecule has 1 heterocycles. The highest BCUT2D eigenvalue weighted by atomic mass is 35.5. The van der Waals surface area contributed by atoms with Gasteiger partial charge in [0, 0.05) is 24.9 Å². The van der Waals surface area contributed by atoms with Crippen LogP contribution >= 0.6 is 11.6 Å². The fourth-order valence-electron chi connectivity index (χ4n) is 1.83. The number of carbonyl (C=O) groups is 1. The molecule has 1 N–H and O–H groups in total. The normalized spacial score (nSPS) is 12.2. The summed E-state index contributed by atoms with van der Waals surface area (Å²) in [6.07, 6.45) is 0. The molecule has 2 aromatic rings. The molecule has 0 aliphatic heterocycles. The van der Waals surface area contributed by atoms with Crippen molar-refractivity contribution in [1.29, 1.82) is 0 Å². The van der Waals surface area contributed by atoms with E-state index in [1.807, 2.05) is 24.3 Å². The fraction of sp³-hybridized carbons (Fsp3) is 0.308. The quantitative estimate of drug-likeness (QED) is 0.935. The Kier molecular flexibility index (Phi) is 3.85. The zero-order valence-electron chi connectivity index (χ0n) is 11.0. The Labute approximate surface area is 116 Å². The number of nitrogens with one attached hydrogen (secondary N) is 1. The second-order valence-electron chi connectivity index (χ2n) is 4.48. The van der Waals surface area contributed by atoms with Crippen molar-refractivity contribution in [3.8, 4) is 0 Å². The number of benzene rings is 1. The molecule has 100 valence electrons. The minimum absolute atomic E-state index is 0.0270. The number of hydrogen-bond donors (Lipinski definition) is 1. The Morgan fingerprint density at radius 2 is 1.89 bits per heavy atom. The first-order chi connectivity index (χ1) is 9.00. The number of halogens is 1. The molecule has 19 heavy (non-hydrogen) atoms. The van der Waals surface area contributed by atoms with E-state index < -0.39 is 0 Å². The predicted molar refractivity (Wildman–Crippen MR) is 76.3 cm³/mol. The Morgan fingerprint density at radius 3 is 2.53 bits per heavy atom. The summed E-state index contributed by atoms with van der Waals surface area (Å²) in [5.41, 5.74) is 0. The molecule has 1 aromatic carbocycles. The molecule has 6 heteroatoms. The van der Waals surface area contributed by atoms with Crippen LogP contribution in [0.4, 0.5) is 5.82 Å². The lowest BCUT2D eigenvalue weighted by Crippen LogP contribution is -2.36. The van der Waals surface area contributed by atoms with Crippen LogP contribution < -0.4 is 5.32 Å². The first-order valence-electron chi connectivity index (χ1n) is 5.89. The lowest BCUT2D eigenvalue weighted by molar-refractivity contribution is -0.129. The van der Waals surface area contributed by atoms with Gasteiger partial charge in [-0.25, -0.2) is 0 Å². The summed E-state index contributed by atoms with van der Waals surface area (Å²) in [6, 6.07) is 7.16. The van der Waals surface area contributed by atoms with Crippen molar-refractivity contribution in [1.82, 2.24) is 15.1 Å². The van der Waals surface area contributed by atoms with E-state index >= 15 is 0 Å². The van der Waals surface area contributed by atoms with Crippen LogP contribution in [-0.2, 0) is 4.79 Å². The zero-order chi connectivity index (χ0) is 14.0. The van der Waals surface area contributed by atoms with Crippen LogP contribution in [0, 0.1) is 0 Å². The average molecular weight is 279 g/mol. The van der Waals surface area contributed by atoms with Gasteiger partial charge in [-0.05, 0) is 6.92 Å². The maximum Gasteiger partial charge on any atom is 0.244 e. The minimum Gasteiger partial charge on any atom is -0.357 e. The topological polar surface area (TPSA) is 58.1 Å². The standard InChI is InChI=1S/C13H15ClN4O/c1-8(13(19)18(2)3)15-12-10-7-5-4-6-9(10)11(14)16-17-12/h4-8H,1-3H3,(H,15,17). The SMILES string of the molecule is CC(Nc1nnc(Cl)c2ccccc12)C(=O)N(C)C. The molecule has 1 unspecified atom stereocenters. The van der Waals surface area contributed by atoms with Gasteiger partial charge in [0.15, 0.2) is 11.0 Å². The van der Waals surface area contributed by atoms with Crippen molar-refractivity contribution < 1.29 is 4.79 Å². The minimum atomic E-state index is -0.381. The lowest BCUT2D eigenvalue weighted by atomic mass is 10.2. The summed E-state index contributed by atoms with van der Waals surface area (Å²) < 4.78 is 0. The summed E-state index contributed by atoms with van der Waals surface area (Å²) in [5.74, 6) is 0.531. The van der Waals surface area contributed by atoms with Gasteiger partial charge in [0.25, 0.3) is 0 Å². The lowest BCUT2D eigenvalue weighted by Gasteiger charge is -2.19. The van der Waals surface area contributed by atoms with Crippen LogP contribution in [0.5, 0.6) is 0 Å². The van der Waals surface area contributed by atoms with E-state index in [9.17, 15) is 4.79 Å². The van der Waals surface area contributed by atoms with E-state index in [2.05, 4.69) is 15.5 Å². The largest absolute Gasteiger partial charge is 0.357 e. The van der Waals surface area contributed by atoms with Crippen LogP contribution in [0.2, 0.25) is 5.15 Å². The van der Waals surface area contributed by atoms with E-state index in [4.69, 9.17) is 11.6 Å². The number of likely N-dealkylation sites (N-methyl/N-ethyl adjacent to an activating group) is 1. The highest BCUT2D eigenvalue weighted by molar-refractivity contribution is 6.34. The molecule has 0 bridgehead atoms. The number of anilines is 1. The summed E-state index contributed by atoms with van der Waals surface area (Å²) in [6.45, 7) is 1.79. The van der Waals surface area contributed by atoms with Crippen molar-refractivity contribution in [2.24, 2.45) is 0 Å². The van der Waals surface area contributed by atoms with E-state index in [0.717, 1.165) is 10.8 Å². The van der Waals surface area contributed by atoms with Gasteiger partial charge in [-0.3, -0.25) is 4.79 Å². The van der Waals surface area contributed by atoms with Gasteiger partial charge in [0.05, 0.1) is 0 Å². The number of hydrogen-bond acceptors (Lipinski definition) is 4. The third kappa shape index (κ3) is 2.76. The van der Waals surface area contributed by atoms with Crippen LogP contribution in [0.1, 0.15) is 6.92 Å². The predicted octanol–water partition coefficient (Wildman–Crippen LogP) is 2.17. The third-order valence-electron chi connectivity index (χ3n) is 2.81. The Bertz CT molecular complexity index is 615. The summed E-state index contributed by atoms with van der Waals surface area (Å²) >= 11 is 6.00. The third-order valence-corrected chi connectivity index (χ3v) is 3.09. The van der Waals surface area contributed by atoms with Gasteiger partial charge in [-0.15, -0.1) is 10.2 Å².